The largest absolute Gasteiger partial charge is 0.369 e. The van der Waals surface area contributed by atoms with Crippen LogP contribution in [0.1, 0.15) is 24.5 Å². The van der Waals surface area contributed by atoms with Gasteiger partial charge in [-0.3, -0.25) is 4.90 Å². The third-order valence-electron chi connectivity index (χ3n) is 4.08. The van der Waals surface area contributed by atoms with Crippen LogP contribution >= 0.6 is 11.6 Å². The SMILES string of the molecule is CCC1CN(c2ccc(CCl)c(C)c2)CCN1C. The number of piperazine rings is 1. The minimum atomic E-state index is 0.604. The fourth-order valence-corrected chi connectivity index (χ4v) is 2.95. The molecule has 2 nitrogen and oxygen atoms in total. The molecule has 100 valence electrons. The lowest BCUT2D eigenvalue weighted by atomic mass is 10.1. The summed E-state index contributed by atoms with van der Waals surface area (Å²) in [7, 11) is 2.23. The smallest absolute Gasteiger partial charge is 0.0476 e. The molecule has 0 N–H and O–H groups in total. The van der Waals surface area contributed by atoms with Crippen LogP contribution in [0, 0.1) is 6.92 Å². The molecule has 1 saturated heterocycles. The van der Waals surface area contributed by atoms with Gasteiger partial charge >= 0.3 is 0 Å². The van der Waals surface area contributed by atoms with Crippen molar-refractivity contribution in [3.05, 3.63) is 29.3 Å². The lowest BCUT2D eigenvalue weighted by molar-refractivity contribution is 0.213. The number of hydrogen-bond donors (Lipinski definition) is 0. The molecule has 0 aliphatic carbocycles. The number of likely N-dealkylation sites (N-methyl/N-ethyl adjacent to an activating group) is 1. The highest BCUT2D eigenvalue weighted by atomic mass is 35.5. The van der Waals surface area contributed by atoms with Gasteiger partial charge in [-0.05, 0) is 43.7 Å². The van der Waals surface area contributed by atoms with Crippen LogP contribution in [0.3, 0.4) is 0 Å². The molecule has 1 aliphatic rings. The van der Waals surface area contributed by atoms with E-state index in [2.05, 4.69) is 48.9 Å². The first kappa shape index (κ1) is 13.7. The monoisotopic (exact) mass is 266 g/mol. The minimum absolute atomic E-state index is 0.604. The molecule has 1 atom stereocenters. The van der Waals surface area contributed by atoms with Crippen LogP contribution in [0.2, 0.25) is 0 Å². The van der Waals surface area contributed by atoms with Gasteiger partial charge < -0.3 is 4.90 Å². The van der Waals surface area contributed by atoms with Gasteiger partial charge in [0.05, 0.1) is 0 Å². The Hall–Kier alpha value is -0.730. The summed E-state index contributed by atoms with van der Waals surface area (Å²) < 4.78 is 0. The number of anilines is 1. The van der Waals surface area contributed by atoms with Crippen LogP contribution in [0.25, 0.3) is 0 Å². The van der Waals surface area contributed by atoms with Gasteiger partial charge in [0.25, 0.3) is 0 Å². The van der Waals surface area contributed by atoms with Crippen LogP contribution in [-0.2, 0) is 5.88 Å². The Morgan fingerprint density at radius 2 is 2.11 bits per heavy atom. The van der Waals surface area contributed by atoms with Crippen LogP contribution in [-0.4, -0.2) is 37.6 Å². The highest BCUT2D eigenvalue weighted by Crippen LogP contribution is 2.23. The van der Waals surface area contributed by atoms with Crippen molar-refractivity contribution >= 4 is 17.3 Å². The molecule has 1 heterocycles. The zero-order chi connectivity index (χ0) is 13.1. The molecule has 0 bridgehead atoms. The third-order valence-corrected chi connectivity index (χ3v) is 4.37. The predicted octanol–water partition coefficient (Wildman–Crippen LogP) is 3.26. The second kappa shape index (κ2) is 5.94. The number of aryl methyl sites for hydroxylation is 1. The van der Waals surface area contributed by atoms with Gasteiger partial charge in [-0.2, -0.15) is 0 Å². The van der Waals surface area contributed by atoms with Gasteiger partial charge in [0, 0.05) is 37.2 Å². The van der Waals surface area contributed by atoms with E-state index in [1.54, 1.807) is 0 Å². The number of alkyl halides is 1. The van der Waals surface area contributed by atoms with Crippen molar-refractivity contribution in [1.82, 2.24) is 4.90 Å². The first-order valence-electron chi connectivity index (χ1n) is 6.76. The third kappa shape index (κ3) is 2.81. The van der Waals surface area contributed by atoms with Gasteiger partial charge in [-0.25, -0.2) is 0 Å². The summed E-state index contributed by atoms with van der Waals surface area (Å²) in [5.74, 6) is 0.604. The first-order chi connectivity index (χ1) is 8.65. The molecule has 3 heteroatoms. The summed E-state index contributed by atoms with van der Waals surface area (Å²) in [4.78, 5) is 4.97. The Bertz CT molecular complexity index is 405. The average Bonchev–Trinajstić information content (AvgIpc) is 2.39. The molecule has 0 spiro atoms. The first-order valence-corrected chi connectivity index (χ1v) is 7.29. The number of rotatable bonds is 3. The second-order valence-corrected chi connectivity index (χ2v) is 5.50. The predicted molar refractivity (Wildman–Crippen MR) is 79.7 cm³/mol. The standard InChI is InChI=1S/C15H23ClN2/c1-4-14-11-18(8-7-17(14)3)15-6-5-13(10-16)12(2)9-15/h5-6,9,14H,4,7-8,10-11H2,1-3H3. The van der Waals surface area contributed by atoms with Crippen molar-refractivity contribution in [2.75, 3.05) is 31.6 Å². The van der Waals surface area contributed by atoms with Crippen molar-refractivity contribution in [3.8, 4) is 0 Å². The molecule has 0 amide bonds. The fourth-order valence-electron chi connectivity index (χ4n) is 2.65. The van der Waals surface area contributed by atoms with Crippen molar-refractivity contribution in [3.63, 3.8) is 0 Å². The Kier molecular flexibility index (Phi) is 4.52. The number of hydrogen-bond acceptors (Lipinski definition) is 2. The van der Waals surface area contributed by atoms with Crippen LogP contribution < -0.4 is 4.90 Å². The van der Waals surface area contributed by atoms with E-state index in [9.17, 15) is 0 Å². The normalized spacial score (nSPS) is 21.3. The average molecular weight is 267 g/mol. The van der Waals surface area contributed by atoms with Crippen molar-refractivity contribution < 1.29 is 0 Å². The quantitative estimate of drug-likeness (QED) is 0.775. The van der Waals surface area contributed by atoms with Crippen LogP contribution in [0.4, 0.5) is 5.69 Å². The summed E-state index contributed by atoms with van der Waals surface area (Å²) in [6, 6.07) is 7.32. The van der Waals surface area contributed by atoms with Crippen molar-refractivity contribution in [2.45, 2.75) is 32.2 Å². The Morgan fingerprint density at radius 1 is 1.33 bits per heavy atom. The molecule has 0 aromatic heterocycles. The van der Waals surface area contributed by atoms with E-state index in [1.165, 1.54) is 23.2 Å². The second-order valence-electron chi connectivity index (χ2n) is 5.23. The van der Waals surface area contributed by atoms with E-state index in [0.717, 1.165) is 19.6 Å². The zero-order valence-corrected chi connectivity index (χ0v) is 12.4. The minimum Gasteiger partial charge on any atom is -0.369 e. The highest BCUT2D eigenvalue weighted by Gasteiger charge is 2.23. The lowest BCUT2D eigenvalue weighted by Gasteiger charge is -2.40. The Labute approximate surface area is 116 Å². The molecule has 18 heavy (non-hydrogen) atoms. The summed E-state index contributed by atoms with van der Waals surface area (Å²) >= 11 is 5.91. The van der Waals surface area contributed by atoms with E-state index < -0.39 is 0 Å². The molecule has 1 unspecified atom stereocenters. The van der Waals surface area contributed by atoms with Gasteiger partial charge in [-0.15, -0.1) is 11.6 Å². The molecular formula is C15H23ClN2. The molecule has 2 rings (SSSR count). The van der Waals surface area contributed by atoms with Gasteiger partial charge in [0.15, 0.2) is 0 Å². The fraction of sp³-hybridized carbons (Fsp3) is 0.600. The maximum atomic E-state index is 5.91. The van der Waals surface area contributed by atoms with Crippen molar-refractivity contribution in [1.29, 1.82) is 0 Å². The zero-order valence-electron chi connectivity index (χ0n) is 11.6. The van der Waals surface area contributed by atoms with E-state index in [4.69, 9.17) is 11.6 Å². The topological polar surface area (TPSA) is 6.48 Å². The van der Waals surface area contributed by atoms with E-state index in [-0.39, 0.29) is 0 Å². The highest BCUT2D eigenvalue weighted by molar-refractivity contribution is 6.17. The molecule has 1 aromatic rings. The summed E-state index contributed by atoms with van der Waals surface area (Å²) in [6.07, 6.45) is 1.21. The van der Waals surface area contributed by atoms with E-state index >= 15 is 0 Å². The van der Waals surface area contributed by atoms with Gasteiger partial charge in [-0.1, -0.05) is 13.0 Å². The van der Waals surface area contributed by atoms with Crippen LogP contribution in [0.5, 0.6) is 0 Å². The molecular weight excluding hydrogens is 244 g/mol. The Balaban J connectivity index is 2.14. The summed E-state index contributed by atoms with van der Waals surface area (Å²) in [5.41, 5.74) is 3.88. The summed E-state index contributed by atoms with van der Waals surface area (Å²) in [6.45, 7) is 7.81. The molecule has 1 aliphatic heterocycles. The number of nitrogens with zero attached hydrogens (tertiary/aromatic N) is 2. The number of benzene rings is 1. The summed E-state index contributed by atoms with van der Waals surface area (Å²) in [5, 5.41) is 0. The number of halogens is 1. The molecule has 1 fully saturated rings. The molecule has 0 saturated carbocycles. The molecule has 1 aromatic carbocycles. The Morgan fingerprint density at radius 3 is 2.72 bits per heavy atom. The van der Waals surface area contributed by atoms with Crippen LogP contribution in [0.15, 0.2) is 18.2 Å². The van der Waals surface area contributed by atoms with E-state index in [1.807, 2.05) is 0 Å². The van der Waals surface area contributed by atoms with Gasteiger partial charge in [0.1, 0.15) is 0 Å². The maximum absolute atomic E-state index is 5.91. The van der Waals surface area contributed by atoms with Crippen molar-refractivity contribution in [2.24, 2.45) is 0 Å². The van der Waals surface area contributed by atoms with E-state index in [0.29, 0.717) is 11.9 Å². The lowest BCUT2D eigenvalue weighted by Crippen LogP contribution is -2.51. The molecule has 0 radical (unpaired) electrons. The maximum Gasteiger partial charge on any atom is 0.0476 e. The van der Waals surface area contributed by atoms with Gasteiger partial charge in [0.2, 0.25) is 0 Å².